The van der Waals surface area contributed by atoms with Gasteiger partial charge in [-0.25, -0.2) is 8.42 Å². The van der Waals surface area contributed by atoms with Gasteiger partial charge in [0, 0.05) is 14.1 Å². The minimum Gasteiger partial charge on any atom is -0.496 e. The summed E-state index contributed by atoms with van der Waals surface area (Å²) < 4.78 is 35.2. The van der Waals surface area contributed by atoms with Crippen LogP contribution in [-0.4, -0.2) is 33.0 Å². The van der Waals surface area contributed by atoms with E-state index in [1.165, 1.54) is 36.9 Å². The second-order valence-corrected chi connectivity index (χ2v) is 8.33. The minimum atomic E-state index is -3.94. The van der Waals surface area contributed by atoms with E-state index in [1.54, 1.807) is 25.2 Å². The highest BCUT2D eigenvalue weighted by atomic mass is 32.2. The molecule has 10 heteroatoms. The van der Waals surface area contributed by atoms with Gasteiger partial charge in [-0.05, 0) is 36.4 Å². The molecule has 0 fully saturated rings. The second-order valence-electron chi connectivity index (χ2n) is 5.66. The number of sulfonamides is 1. The number of ether oxygens (including phenoxy) is 1. The van der Waals surface area contributed by atoms with Crippen LogP contribution in [0.2, 0.25) is 0 Å². The largest absolute Gasteiger partial charge is 0.496 e. The molecule has 142 valence electrons. The maximum atomic E-state index is 12.7. The van der Waals surface area contributed by atoms with E-state index in [2.05, 4.69) is 10.0 Å². The predicted molar refractivity (Wildman–Crippen MR) is 104 cm³/mol. The molecule has 0 aliphatic carbocycles. The van der Waals surface area contributed by atoms with E-state index in [9.17, 15) is 18.0 Å². The average Bonchev–Trinajstić information content (AvgIpc) is 2.93. The fraction of sp³-hybridized carbons (Fsp3) is 0.176. The lowest BCUT2D eigenvalue weighted by molar-refractivity contribution is 0.0960. The van der Waals surface area contributed by atoms with E-state index in [0.29, 0.717) is 10.4 Å². The Kier molecular flexibility index (Phi) is 4.94. The number of benzene rings is 2. The Bertz CT molecular complexity index is 1190. The number of methoxy groups -OCH3 is 1. The topological polar surface area (TPSA) is 107 Å². The maximum absolute atomic E-state index is 12.7. The third-order valence-corrected chi connectivity index (χ3v) is 6.37. The number of aryl methyl sites for hydroxylation is 1. The monoisotopic (exact) mass is 407 g/mol. The van der Waals surface area contributed by atoms with Crippen molar-refractivity contribution in [3.8, 4) is 5.75 Å². The van der Waals surface area contributed by atoms with Gasteiger partial charge in [0.2, 0.25) is 0 Å². The number of amides is 1. The highest BCUT2D eigenvalue weighted by Crippen LogP contribution is 2.26. The molecule has 27 heavy (non-hydrogen) atoms. The molecule has 8 nitrogen and oxygen atoms in total. The molecule has 2 aromatic carbocycles. The Morgan fingerprint density at radius 1 is 1.19 bits per heavy atom. The summed E-state index contributed by atoms with van der Waals surface area (Å²) in [4.78, 5) is 23.5. The Labute approximate surface area is 159 Å². The number of carbonyl (C=O) groups is 1. The van der Waals surface area contributed by atoms with Crippen molar-refractivity contribution in [2.75, 3.05) is 18.9 Å². The summed E-state index contributed by atoms with van der Waals surface area (Å²) in [5.74, 6) is -0.192. The first-order chi connectivity index (χ1) is 12.8. The van der Waals surface area contributed by atoms with Gasteiger partial charge in [0.25, 0.3) is 15.9 Å². The Balaban J connectivity index is 1.99. The summed E-state index contributed by atoms with van der Waals surface area (Å²) in [6.45, 7) is 0. The van der Waals surface area contributed by atoms with E-state index in [0.717, 1.165) is 16.9 Å². The third kappa shape index (κ3) is 3.53. The van der Waals surface area contributed by atoms with Gasteiger partial charge in [-0.15, -0.1) is 0 Å². The quantitative estimate of drug-likeness (QED) is 0.670. The molecule has 0 atom stereocenters. The zero-order valence-electron chi connectivity index (χ0n) is 14.8. The number of hydrogen-bond acceptors (Lipinski definition) is 6. The highest BCUT2D eigenvalue weighted by Gasteiger charge is 2.20. The number of nitrogens with one attached hydrogen (secondary N) is 2. The lowest BCUT2D eigenvalue weighted by atomic mass is 10.2. The van der Waals surface area contributed by atoms with Crippen LogP contribution in [0.1, 0.15) is 10.4 Å². The van der Waals surface area contributed by atoms with Gasteiger partial charge in [-0.1, -0.05) is 11.3 Å². The molecule has 0 unspecified atom stereocenters. The highest BCUT2D eigenvalue weighted by molar-refractivity contribution is 7.92. The molecular formula is C17H17N3O5S2. The summed E-state index contributed by atoms with van der Waals surface area (Å²) in [7, 11) is 0.559. The Hall–Kier alpha value is -2.85. The van der Waals surface area contributed by atoms with Gasteiger partial charge >= 0.3 is 4.87 Å². The lowest BCUT2D eigenvalue weighted by Crippen LogP contribution is -2.20. The van der Waals surface area contributed by atoms with Crippen molar-refractivity contribution in [1.82, 2.24) is 9.88 Å². The SMILES string of the molecule is CNC(=O)c1cc(S(=O)(=O)Nc2ccc3c(c2)sc(=O)n3C)ccc1OC. The summed E-state index contributed by atoms with van der Waals surface area (Å²) >= 11 is 1.03. The molecule has 0 radical (unpaired) electrons. The molecule has 1 heterocycles. The van der Waals surface area contributed by atoms with Crippen molar-refractivity contribution < 1.29 is 17.9 Å². The van der Waals surface area contributed by atoms with E-state index in [-0.39, 0.29) is 21.1 Å². The van der Waals surface area contributed by atoms with Crippen LogP contribution in [0.15, 0.2) is 46.1 Å². The van der Waals surface area contributed by atoms with Crippen molar-refractivity contribution in [2.45, 2.75) is 4.90 Å². The number of anilines is 1. The molecule has 0 saturated carbocycles. The van der Waals surface area contributed by atoms with Crippen molar-refractivity contribution >= 4 is 43.2 Å². The number of thiazole rings is 1. The predicted octanol–water partition coefficient (Wildman–Crippen LogP) is 1.77. The van der Waals surface area contributed by atoms with Crippen LogP contribution < -0.4 is 19.6 Å². The number of fused-ring (bicyclic) bond motifs is 1. The van der Waals surface area contributed by atoms with Crippen molar-refractivity contribution in [3.05, 3.63) is 51.6 Å². The van der Waals surface area contributed by atoms with Crippen LogP contribution in [0.25, 0.3) is 10.2 Å². The van der Waals surface area contributed by atoms with Crippen LogP contribution in [0.3, 0.4) is 0 Å². The molecule has 3 aromatic rings. The van der Waals surface area contributed by atoms with Crippen molar-refractivity contribution in [2.24, 2.45) is 7.05 Å². The van der Waals surface area contributed by atoms with Crippen LogP contribution in [0.4, 0.5) is 5.69 Å². The summed E-state index contributed by atoms with van der Waals surface area (Å²) in [5.41, 5.74) is 1.15. The van der Waals surface area contributed by atoms with Gasteiger partial charge in [0.05, 0.1) is 33.5 Å². The molecule has 0 aliphatic rings. The molecular weight excluding hydrogens is 390 g/mol. The second kappa shape index (κ2) is 7.05. The average molecular weight is 407 g/mol. The summed E-state index contributed by atoms with van der Waals surface area (Å²) in [6, 6.07) is 8.88. The number of nitrogens with zero attached hydrogens (tertiary/aromatic N) is 1. The van der Waals surface area contributed by atoms with E-state index in [1.807, 2.05) is 0 Å². The van der Waals surface area contributed by atoms with Gasteiger partial charge in [0.15, 0.2) is 0 Å². The molecule has 0 spiro atoms. The maximum Gasteiger partial charge on any atom is 0.307 e. The van der Waals surface area contributed by atoms with E-state index in [4.69, 9.17) is 4.74 Å². The van der Waals surface area contributed by atoms with E-state index < -0.39 is 15.9 Å². The van der Waals surface area contributed by atoms with Crippen LogP contribution >= 0.6 is 11.3 Å². The van der Waals surface area contributed by atoms with Crippen molar-refractivity contribution in [3.63, 3.8) is 0 Å². The van der Waals surface area contributed by atoms with Crippen LogP contribution in [-0.2, 0) is 17.1 Å². The Morgan fingerprint density at radius 2 is 1.93 bits per heavy atom. The fourth-order valence-electron chi connectivity index (χ4n) is 2.58. The smallest absolute Gasteiger partial charge is 0.307 e. The molecule has 0 saturated heterocycles. The molecule has 2 N–H and O–H groups in total. The first kappa shape index (κ1) is 18.9. The van der Waals surface area contributed by atoms with Gasteiger partial charge in [-0.3, -0.25) is 14.3 Å². The molecule has 1 aromatic heterocycles. The van der Waals surface area contributed by atoms with Gasteiger partial charge in [-0.2, -0.15) is 0 Å². The molecule has 1 amide bonds. The number of aromatic nitrogens is 1. The first-order valence-electron chi connectivity index (χ1n) is 7.79. The molecule has 0 aliphatic heterocycles. The van der Waals surface area contributed by atoms with Gasteiger partial charge < -0.3 is 14.6 Å². The van der Waals surface area contributed by atoms with Gasteiger partial charge in [0.1, 0.15) is 5.75 Å². The van der Waals surface area contributed by atoms with Crippen LogP contribution in [0, 0.1) is 0 Å². The zero-order valence-corrected chi connectivity index (χ0v) is 16.4. The lowest BCUT2D eigenvalue weighted by Gasteiger charge is -2.12. The van der Waals surface area contributed by atoms with E-state index >= 15 is 0 Å². The summed E-state index contributed by atoms with van der Waals surface area (Å²) in [6.07, 6.45) is 0. The minimum absolute atomic E-state index is 0.0803. The number of carbonyl (C=O) groups excluding carboxylic acids is 1. The Morgan fingerprint density at radius 3 is 2.59 bits per heavy atom. The number of hydrogen-bond donors (Lipinski definition) is 2. The first-order valence-corrected chi connectivity index (χ1v) is 10.1. The van der Waals surface area contributed by atoms with Crippen molar-refractivity contribution in [1.29, 1.82) is 0 Å². The normalized spacial score (nSPS) is 11.4. The third-order valence-electron chi connectivity index (χ3n) is 4.00. The summed E-state index contributed by atoms with van der Waals surface area (Å²) in [5, 5.41) is 2.45. The fourth-order valence-corrected chi connectivity index (χ4v) is 4.57. The molecule has 0 bridgehead atoms. The standard InChI is InChI=1S/C17H17N3O5S2/c1-18-16(21)12-9-11(5-7-14(12)25-3)27(23,24)19-10-4-6-13-15(8-10)26-17(22)20(13)2/h4-9,19H,1-3H3,(H,18,21). The number of rotatable bonds is 5. The van der Waals surface area contributed by atoms with Crippen LogP contribution in [0.5, 0.6) is 5.75 Å². The zero-order chi connectivity index (χ0) is 19.8. The molecule has 3 rings (SSSR count).